The summed E-state index contributed by atoms with van der Waals surface area (Å²) in [5.74, 6) is -0.131. The van der Waals surface area contributed by atoms with Crippen LogP contribution in [0.3, 0.4) is 0 Å². The van der Waals surface area contributed by atoms with E-state index in [1.54, 1.807) is 0 Å². The fourth-order valence-corrected chi connectivity index (χ4v) is 4.65. The van der Waals surface area contributed by atoms with E-state index in [0.29, 0.717) is 24.6 Å². The van der Waals surface area contributed by atoms with Gasteiger partial charge in [-0.05, 0) is 67.3 Å². The van der Waals surface area contributed by atoms with Crippen molar-refractivity contribution in [3.05, 3.63) is 60.2 Å². The molecule has 5 nitrogen and oxygen atoms in total. The Kier molecular flexibility index (Phi) is 5.12. The van der Waals surface area contributed by atoms with Gasteiger partial charge in [0.25, 0.3) is 0 Å². The minimum atomic E-state index is -4.03. The topological polar surface area (TPSA) is 63.4 Å². The summed E-state index contributed by atoms with van der Waals surface area (Å²) in [6, 6.07) is 10.1. The molecular formula is C21H20F2N2O3S. The van der Waals surface area contributed by atoms with Gasteiger partial charge in [-0.25, -0.2) is 17.2 Å². The molecule has 4 rings (SSSR count). The number of piperidine rings is 1. The van der Waals surface area contributed by atoms with Crippen LogP contribution in [0.25, 0.3) is 11.5 Å². The highest BCUT2D eigenvalue weighted by Crippen LogP contribution is 2.36. The number of benzene rings is 2. The maximum atomic E-state index is 13.3. The molecule has 0 aliphatic carbocycles. The zero-order valence-corrected chi connectivity index (χ0v) is 16.6. The summed E-state index contributed by atoms with van der Waals surface area (Å²) in [7, 11) is -4.03. The summed E-state index contributed by atoms with van der Waals surface area (Å²) in [5, 5.41) is -0.210. The van der Waals surface area contributed by atoms with Crippen LogP contribution in [0.2, 0.25) is 0 Å². The third-order valence-electron chi connectivity index (χ3n) is 5.12. The smallest absolute Gasteiger partial charge is 0.236 e. The standard InChI is InChI=1S/C21H20F2N2O3S/c1-14-10-12-25(13-11-14)21-20(29(26,27)18-8-6-17(23)7-9-18)24-19(28-21)15-2-4-16(22)5-3-15/h2-9,14H,10-13H2,1H3. The Bertz CT molecular complexity index is 1100. The summed E-state index contributed by atoms with van der Waals surface area (Å²) in [6.07, 6.45) is 1.81. The highest BCUT2D eigenvalue weighted by Gasteiger charge is 2.32. The van der Waals surface area contributed by atoms with Crippen LogP contribution in [0, 0.1) is 17.6 Å². The van der Waals surface area contributed by atoms with Crippen LogP contribution in [-0.4, -0.2) is 26.5 Å². The van der Waals surface area contributed by atoms with Crippen LogP contribution in [0.1, 0.15) is 19.8 Å². The lowest BCUT2D eigenvalue weighted by atomic mass is 9.99. The van der Waals surface area contributed by atoms with E-state index in [1.165, 1.54) is 36.4 Å². The Morgan fingerprint density at radius 1 is 0.966 bits per heavy atom. The molecule has 0 atom stereocenters. The van der Waals surface area contributed by atoms with Crippen LogP contribution < -0.4 is 4.90 Å². The first-order chi connectivity index (χ1) is 13.8. The predicted octanol–water partition coefficient (Wildman–Crippen LogP) is 4.69. The zero-order chi connectivity index (χ0) is 20.6. The lowest BCUT2D eigenvalue weighted by Crippen LogP contribution is -2.33. The molecule has 8 heteroatoms. The van der Waals surface area contributed by atoms with Crippen molar-refractivity contribution in [2.75, 3.05) is 18.0 Å². The van der Waals surface area contributed by atoms with E-state index in [2.05, 4.69) is 11.9 Å². The number of hydrogen-bond donors (Lipinski definition) is 0. The van der Waals surface area contributed by atoms with Gasteiger partial charge in [0.1, 0.15) is 11.6 Å². The molecule has 0 spiro atoms. The van der Waals surface area contributed by atoms with E-state index in [-0.39, 0.29) is 21.7 Å². The van der Waals surface area contributed by atoms with E-state index in [4.69, 9.17) is 4.42 Å². The molecule has 3 aromatic rings. The predicted molar refractivity (Wildman–Crippen MR) is 104 cm³/mol. The first kappa shape index (κ1) is 19.6. The van der Waals surface area contributed by atoms with Crippen molar-refractivity contribution in [2.45, 2.75) is 29.7 Å². The quantitative estimate of drug-likeness (QED) is 0.575. The third-order valence-corrected chi connectivity index (χ3v) is 6.79. The Hall–Kier alpha value is -2.74. The van der Waals surface area contributed by atoms with Crippen molar-refractivity contribution in [2.24, 2.45) is 5.92 Å². The first-order valence-electron chi connectivity index (χ1n) is 9.37. The van der Waals surface area contributed by atoms with Crippen LogP contribution in [0.4, 0.5) is 14.7 Å². The van der Waals surface area contributed by atoms with Gasteiger partial charge in [0.15, 0.2) is 0 Å². The van der Waals surface area contributed by atoms with Gasteiger partial charge in [0, 0.05) is 18.7 Å². The number of sulfone groups is 1. The molecule has 0 N–H and O–H groups in total. The second-order valence-electron chi connectivity index (χ2n) is 7.26. The van der Waals surface area contributed by atoms with Crippen molar-refractivity contribution in [1.29, 1.82) is 0 Å². The minimum absolute atomic E-state index is 0.0653. The molecule has 2 aromatic carbocycles. The van der Waals surface area contributed by atoms with E-state index in [9.17, 15) is 17.2 Å². The van der Waals surface area contributed by atoms with Crippen LogP contribution in [0.15, 0.2) is 62.9 Å². The molecular weight excluding hydrogens is 398 g/mol. The number of anilines is 1. The first-order valence-corrected chi connectivity index (χ1v) is 10.9. The molecule has 0 bridgehead atoms. The molecule has 0 amide bonds. The molecule has 1 saturated heterocycles. The second-order valence-corrected chi connectivity index (χ2v) is 9.13. The average Bonchev–Trinajstić information content (AvgIpc) is 3.16. The van der Waals surface area contributed by atoms with Gasteiger partial charge in [-0.3, -0.25) is 0 Å². The monoisotopic (exact) mass is 418 g/mol. The molecule has 152 valence electrons. The summed E-state index contributed by atoms with van der Waals surface area (Å²) in [5.41, 5.74) is 0.471. The Labute approximate surface area is 167 Å². The molecule has 0 unspecified atom stereocenters. The number of halogens is 2. The fraction of sp³-hybridized carbons (Fsp3) is 0.286. The van der Waals surface area contributed by atoms with E-state index in [1.807, 2.05) is 4.90 Å². The Balaban J connectivity index is 1.82. The van der Waals surface area contributed by atoms with Crippen molar-refractivity contribution >= 4 is 15.7 Å². The lowest BCUT2D eigenvalue weighted by Gasteiger charge is -2.30. The number of rotatable bonds is 4. The van der Waals surface area contributed by atoms with Crippen molar-refractivity contribution in [3.63, 3.8) is 0 Å². The number of hydrogen-bond acceptors (Lipinski definition) is 5. The van der Waals surface area contributed by atoms with Gasteiger partial charge in [-0.1, -0.05) is 6.92 Å². The van der Waals surface area contributed by atoms with Gasteiger partial charge >= 0.3 is 0 Å². The second kappa shape index (κ2) is 7.59. The highest BCUT2D eigenvalue weighted by molar-refractivity contribution is 7.91. The zero-order valence-electron chi connectivity index (χ0n) is 15.8. The Morgan fingerprint density at radius 3 is 2.10 bits per heavy atom. The molecule has 1 fully saturated rings. The van der Waals surface area contributed by atoms with Gasteiger partial charge in [0.05, 0.1) is 4.90 Å². The Morgan fingerprint density at radius 2 is 1.52 bits per heavy atom. The van der Waals surface area contributed by atoms with Crippen molar-refractivity contribution in [1.82, 2.24) is 4.98 Å². The third kappa shape index (κ3) is 3.89. The van der Waals surface area contributed by atoms with E-state index in [0.717, 1.165) is 25.0 Å². The average molecular weight is 418 g/mol. The molecule has 29 heavy (non-hydrogen) atoms. The van der Waals surface area contributed by atoms with Crippen LogP contribution in [-0.2, 0) is 9.84 Å². The maximum absolute atomic E-state index is 13.3. The van der Waals surface area contributed by atoms with Crippen LogP contribution in [0.5, 0.6) is 0 Å². The summed E-state index contributed by atoms with van der Waals surface area (Å²) >= 11 is 0. The molecule has 1 aliphatic heterocycles. The molecule has 0 saturated carbocycles. The summed E-state index contributed by atoms with van der Waals surface area (Å²) in [6.45, 7) is 3.44. The number of aromatic nitrogens is 1. The summed E-state index contributed by atoms with van der Waals surface area (Å²) in [4.78, 5) is 6.07. The summed E-state index contributed by atoms with van der Waals surface area (Å²) < 4.78 is 58.9. The SMILES string of the molecule is CC1CCN(c2oc(-c3ccc(F)cc3)nc2S(=O)(=O)c2ccc(F)cc2)CC1. The molecule has 1 aliphatic rings. The molecule has 2 heterocycles. The fourth-order valence-electron chi connectivity index (χ4n) is 3.33. The largest absolute Gasteiger partial charge is 0.419 e. The van der Waals surface area contributed by atoms with Gasteiger partial charge in [-0.15, -0.1) is 0 Å². The van der Waals surface area contributed by atoms with Crippen molar-refractivity contribution < 1.29 is 21.6 Å². The molecule has 0 radical (unpaired) electrons. The van der Waals surface area contributed by atoms with E-state index < -0.39 is 21.5 Å². The highest BCUT2D eigenvalue weighted by atomic mass is 32.2. The van der Waals surface area contributed by atoms with Gasteiger partial charge in [-0.2, -0.15) is 4.98 Å². The van der Waals surface area contributed by atoms with Crippen molar-refractivity contribution in [3.8, 4) is 11.5 Å². The minimum Gasteiger partial charge on any atom is -0.419 e. The molecule has 1 aromatic heterocycles. The maximum Gasteiger partial charge on any atom is 0.236 e. The normalized spacial score (nSPS) is 15.6. The lowest BCUT2D eigenvalue weighted by molar-refractivity contribution is 0.415. The number of nitrogens with zero attached hydrogens (tertiary/aromatic N) is 2. The van der Waals surface area contributed by atoms with Gasteiger partial charge in [0.2, 0.25) is 26.6 Å². The van der Waals surface area contributed by atoms with Crippen LogP contribution >= 0.6 is 0 Å². The van der Waals surface area contributed by atoms with Gasteiger partial charge < -0.3 is 9.32 Å². The van der Waals surface area contributed by atoms with E-state index >= 15 is 0 Å². The number of oxazole rings is 1.